The minimum atomic E-state index is -0.561. The molecule has 0 radical (unpaired) electrons. The van der Waals surface area contributed by atoms with Crippen molar-refractivity contribution in [2.75, 3.05) is 13.7 Å². The van der Waals surface area contributed by atoms with Crippen molar-refractivity contribution in [2.24, 2.45) is 5.73 Å². The average Bonchev–Trinajstić information content (AvgIpc) is 2.44. The Bertz CT molecular complexity index is 564. The van der Waals surface area contributed by atoms with Gasteiger partial charge in [0.25, 0.3) is 0 Å². The second kappa shape index (κ2) is 6.72. The maximum Gasteiger partial charge on any atom is 0.140 e. The summed E-state index contributed by atoms with van der Waals surface area (Å²) in [6.07, 6.45) is 0.460. The molecule has 0 fully saturated rings. The molecule has 0 amide bonds. The maximum atomic E-state index is 13.9. The zero-order valence-corrected chi connectivity index (χ0v) is 11.8. The molecule has 0 bridgehead atoms. The van der Waals surface area contributed by atoms with Crippen LogP contribution in [0.3, 0.4) is 0 Å². The highest BCUT2D eigenvalue weighted by Crippen LogP contribution is 2.33. The highest BCUT2D eigenvalue weighted by atomic mass is 32.2. The lowest BCUT2D eigenvalue weighted by molar-refractivity contribution is 0.414. The minimum Gasteiger partial charge on any atom is -0.497 e. The van der Waals surface area contributed by atoms with Gasteiger partial charge in [-0.15, -0.1) is 0 Å². The van der Waals surface area contributed by atoms with Crippen molar-refractivity contribution in [3.8, 4) is 5.75 Å². The molecule has 0 spiro atoms. The first-order chi connectivity index (χ1) is 9.63. The predicted octanol–water partition coefficient (Wildman–Crippen LogP) is 3.63. The van der Waals surface area contributed by atoms with E-state index < -0.39 is 11.6 Å². The lowest BCUT2D eigenvalue weighted by Gasteiger charge is -2.08. The third-order valence-electron chi connectivity index (χ3n) is 2.77. The summed E-state index contributed by atoms with van der Waals surface area (Å²) >= 11 is 1.05. The van der Waals surface area contributed by atoms with Crippen LogP contribution in [0.25, 0.3) is 0 Å². The molecule has 0 aromatic heterocycles. The summed E-state index contributed by atoms with van der Waals surface area (Å²) < 4.78 is 32.9. The summed E-state index contributed by atoms with van der Waals surface area (Å²) in [5, 5.41) is 0. The van der Waals surface area contributed by atoms with Crippen molar-refractivity contribution >= 4 is 11.8 Å². The summed E-state index contributed by atoms with van der Waals surface area (Å²) in [5.74, 6) is -0.419. The standard InChI is InChI=1S/C15H15F2NOS/c1-19-11-2-4-12(5-3-11)20-15-13(16)8-10(6-7-18)9-14(15)17/h2-5,8-9H,6-7,18H2,1H3. The average molecular weight is 295 g/mol. The van der Waals surface area contributed by atoms with Crippen molar-refractivity contribution < 1.29 is 13.5 Å². The van der Waals surface area contributed by atoms with Crippen molar-refractivity contribution in [3.05, 3.63) is 53.6 Å². The molecule has 20 heavy (non-hydrogen) atoms. The van der Waals surface area contributed by atoms with Crippen LogP contribution in [0.4, 0.5) is 8.78 Å². The number of hydrogen-bond donors (Lipinski definition) is 1. The smallest absolute Gasteiger partial charge is 0.140 e. The molecule has 5 heteroatoms. The Labute approximate surface area is 120 Å². The Hall–Kier alpha value is -1.59. The molecule has 2 aromatic rings. The molecule has 0 aliphatic carbocycles. The van der Waals surface area contributed by atoms with Gasteiger partial charge in [0.1, 0.15) is 17.4 Å². The second-order valence-corrected chi connectivity index (χ2v) is 5.29. The summed E-state index contributed by atoms with van der Waals surface area (Å²) in [4.78, 5) is 0.742. The molecular weight excluding hydrogens is 280 g/mol. The van der Waals surface area contributed by atoms with Crippen LogP contribution in [0.2, 0.25) is 0 Å². The quantitative estimate of drug-likeness (QED) is 0.915. The minimum absolute atomic E-state index is 0.00376. The van der Waals surface area contributed by atoms with E-state index >= 15 is 0 Å². The summed E-state index contributed by atoms with van der Waals surface area (Å²) in [7, 11) is 1.57. The molecule has 0 unspecified atom stereocenters. The fourth-order valence-corrected chi connectivity index (χ4v) is 2.60. The van der Waals surface area contributed by atoms with Gasteiger partial charge in [0.05, 0.1) is 12.0 Å². The monoisotopic (exact) mass is 295 g/mol. The number of nitrogens with two attached hydrogens (primary N) is 1. The first kappa shape index (κ1) is 14.8. The van der Waals surface area contributed by atoms with Crippen LogP contribution in [0.5, 0.6) is 5.75 Å². The van der Waals surface area contributed by atoms with Crippen molar-refractivity contribution in [3.63, 3.8) is 0 Å². The van der Waals surface area contributed by atoms with Crippen LogP contribution in [0.15, 0.2) is 46.2 Å². The Balaban J connectivity index is 2.23. The fraction of sp³-hybridized carbons (Fsp3) is 0.200. The van der Waals surface area contributed by atoms with E-state index in [-0.39, 0.29) is 4.90 Å². The van der Waals surface area contributed by atoms with Gasteiger partial charge in [-0.05, 0) is 54.9 Å². The Morgan fingerprint density at radius 1 is 1.10 bits per heavy atom. The van der Waals surface area contributed by atoms with E-state index in [0.717, 1.165) is 16.7 Å². The number of rotatable bonds is 5. The molecule has 0 saturated carbocycles. The maximum absolute atomic E-state index is 13.9. The van der Waals surface area contributed by atoms with Crippen molar-refractivity contribution in [1.29, 1.82) is 0 Å². The van der Waals surface area contributed by atoms with Gasteiger partial charge in [0.2, 0.25) is 0 Å². The van der Waals surface area contributed by atoms with Crippen LogP contribution >= 0.6 is 11.8 Å². The van der Waals surface area contributed by atoms with Gasteiger partial charge in [0.15, 0.2) is 0 Å². The number of hydrogen-bond acceptors (Lipinski definition) is 3. The number of ether oxygens (including phenoxy) is 1. The third-order valence-corrected chi connectivity index (χ3v) is 3.87. The van der Waals surface area contributed by atoms with Crippen LogP contribution in [-0.2, 0) is 6.42 Å². The van der Waals surface area contributed by atoms with E-state index in [2.05, 4.69) is 0 Å². The van der Waals surface area contributed by atoms with Crippen LogP contribution < -0.4 is 10.5 Å². The SMILES string of the molecule is COc1ccc(Sc2c(F)cc(CCN)cc2F)cc1. The van der Waals surface area contributed by atoms with Crippen molar-refractivity contribution in [2.45, 2.75) is 16.2 Å². The van der Waals surface area contributed by atoms with E-state index in [0.29, 0.717) is 24.3 Å². The largest absolute Gasteiger partial charge is 0.497 e. The summed E-state index contributed by atoms with van der Waals surface area (Å²) in [6, 6.07) is 9.69. The van der Waals surface area contributed by atoms with Crippen LogP contribution in [0, 0.1) is 11.6 Å². The van der Waals surface area contributed by atoms with Crippen LogP contribution in [-0.4, -0.2) is 13.7 Å². The molecule has 0 aliphatic heterocycles. The van der Waals surface area contributed by atoms with Gasteiger partial charge in [-0.1, -0.05) is 11.8 Å². The first-order valence-electron chi connectivity index (χ1n) is 6.14. The third kappa shape index (κ3) is 3.49. The molecular formula is C15H15F2NOS. The lowest BCUT2D eigenvalue weighted by Crippen LogP contribution is -2.04. The van der Waals surface area contributed by atoms with Gasteiger partial charge in [0, 0.05) is 4.90 Å². The molecule has 0 aliphatic rings. The highest BCUT2D eigenvalue weighted by Gasteiger charge is 2.12. The van der Waals surface area contributed by atoms with E-state index in [1.807, 2.05) is 0 Å². The molecule has 2 rings (SSSR count). The predicted molar refractivity (Wildman–Crippen MR) is 76.2 cm³/mol. The Morgan fingerprint density at radius 3 is 2.20 bits per heavy atom. The molecule has 106 valence electrons. The summed E-state index contributed by atoms with van der Waals surface area (Å²) in [6.45, 7) is 0.365. The zero-order chi connectivity index (χ0) is 14.5. The zero-order valence-electron chi connectivity index (χ0n) is 11.0. The molecule has 2 nitrogen and oxygen atoms in total. The number of halogens is 2. The Morgan fingerprint density at radius 2 is 1.70 bits per heavy atom. The fourth-order valence-electron chi connectivity index (χ4n) is 1.78. The molecule has 2 aromatic carbocycles. The highest BCUT2D eigenvalue weighted by molar-refractivity contribution is 7.99. The summed E-state index contributed by atoms with van der Waals surface area (Å²) in [5.41, 5.74) is 5.96. The van der Waals surface area contributed by atoms with E-state index in [9.17, 15) is 8.78 Å². The molecule has 0 atom stereocenters. The Kier molecular flexibility index (Phi) is 4.98. The van der Waals surface area contributed by atoms with Crippen molar-refractivity contribution in [1.82, 2.24) is 0 Å². The number of methoxy groups -OCH3 is 1. The first-order valence-corrected chi connectivity index (χ1v) is 6.95. The van der Waals surface area contributed by atoms with Crippen LogP contribution in [0.1, 0.15) is 5.56 Å². The van der Waals surface area contributed by atoms with E-state index in [1.165, 1.54) is 12.1 Å². The molecule has 0 heterocycles. The lowest BCUT2D eigenvalue weighted by atomic mass is 10.1. The second-order valence-electron chi connectivity index (χ2n) is 4.20. The molecule has 0 saturated heterocycles. The van der Waals surface area contributed by atoms with Gasteiger partial charge in [-0.3, -0.25) is 0 Å². The molecule has 2 N–H and O–H groups in total. The van der Waals surface area contributed by atoms with E-state index in [1.54, 1.807) is 31.4 Å². The number of benzene rings is 2. The van der Waals surface area contributed by atoms with Gasteiger partial charge < -0.3 is 10.5 Å². The normalized spacial score (nSPS) is 10.6. The topological polar surface area (TPSA) is 35.2 Å². The van der Waals surface area contributed by atoms with E-state index in [4.69, 9.17) is 10.5 Å². The van der Waals surface area contributed by atoms with Gasteiger partial charge in [-0.25, -0.2) is 8.78 Å². The van der Waals surface area contributed by atoms with Gasteiger partial charge in [-0.2, -0.15) is 0 Å². The van der Waals surface area contributed by atoms with Gasteiger partial charge >= 0.3 is 0 Å².